The molecule has 2 saturated heterocycles. The molecule has 0 unspecified atom stereocenters. The highest BCUT2D eigenvalue weighted by Gasteiger charge is 2.43. The van der Waals surface area contributed by atoms with Gasteiger partial charge in [-0.25, -0.2) is 0 Å². The van der Waals surface area contributed by atoms with Crippen LogP contribution in [0.4, 0.5) is 13.2 Å². The van der Waals surface area contributed by atoms with Gasteiger partial charge in [0.1, 0.15) is 0 Å². The first-order valence-electron chi connectivity index (χ1n) is 9.04. The number of amides is 2. The third kappa shape index (κ3) is 3.83. The molecule has 1 aromatic carbocycles. The second-order valence-electron chi connectivity index (χ2n) is 7.32. The number of hydrogen-bond donors (Lipinski definition) is 1. The zero-order valence-electron chi connectivity index (χ0n) is 15.3. The van der Waals surface area contributed by atoms with Crippen molar-refractivity contribution in [2.75, 3.05) is 20.1 Å². The van der Waals surface area contributed by atoms with Gasteiger partial charge in [-0.15, -0.1) is 0 Å². The van der Waals surface area contributed by atoms with Gasteiger partial charge >= 0.3 is 12.1 Å². The Bertz CT molecular complexity index is 778. The summed E-state index contributed by atoms with van der Waals surface area (Å²) in [7, 11) is 1.54. The average molecular weight is 398 g/mol. The maximum absolute atomic E-state index is 13.0. The Balaban J connectivity index is 1.86. The molecule has 2 aliphatic rings. The highest BCUT2D eigenvalue weighted by Crippen LogP contribution is 2.39. The van der Waals surface area contributed by atoms with Gasteiger partial charge in [0.2, 0.25) is 11.8 Å². The SMILES string of the molecule is CN1C(=O)CC[C@H](C(=O)N2CC[C@H](C(=O)O)C2)[C@H]1c1ccc(C(F)(F)F)cc1. The summed E-state index contributed by atoms with van der Waals surface area (Å²) in [5.74, 6) is -2.62. The van der Waals surface area contributed by atoms with Crippen molar-refractivity contribution < 1.29 is 32.7 Å². The second-order valence-corrected chi connectivity index (χ2v) is 7.32. The number of alkyl halides is 3. The number of likely N-dealkylation sites (tertiary alicyclic amines) is 2. The molecule has 0 spiro atoms. The molecule has 3 rings (SSSR count). The fourth-order valence-electron chi connectivity index (χ4n) is 4.02. The van der Waals surface area contributed by atoms with Crippen LogP contribution in [0.25, 0.3) is 0 Å². The second kappa shape index (κ2) is 7.44. The first-order chi connectivity index (χ1) is 13.1. The highest BCUT2D eigenvalue weighted by molar-refractivity contribution is 5.85. The van der Waals surface area contributed by atoms with Gasteiger partial charge in [-0.05, 0) is 30.5 Å². The first kappa shape index (κ1) is 20.2. The molecule has 6 nitrogen and oxygen atoms in total. The van der Waals surface area contributed by atoms with E-state index in [1.807, 2.05) is 0 Å². The number of benzene rings is 1. The van der Waals surface area contributed by atoms with E-state index in [9.17, 15) is 27.6 Å². The van der Waals surface area contributed by atoms with E-state index in [0.717, 1.165) is 12.1 Å². The van der Waals surface area contributed by atoms with E-state index in [-0.39, 0.29) is 31.2 Å². The van der Waals surface area contributed by atoms with E-state index in [1.54, 1.807) is 0 Å². The van der Waals surface area contributed by atoms with Gasteiger partial charge in [-0.3, -0.25) is 14.4 Å². The van der Waals surface area contributed by atoms with Gasteiger partial charge in [0, 0.05) is 26.6 Å². The van der Waals surface area contributed by atoms with Crippen molar-refractivity contribution in [1.82, 2.24) is 9.80 Å². The van der Waals surface area contributed by atoms with Crippen LogP contribution in [-0.2, 0) is 20.6 Å². The lowest BCUT2D eigenvalue weighted by atomic mass is 9.83. The summed E-state index contributed by atoms with van der Waals surface area (Å²) >= 11 is 0. The zero-order chi connectivity index (χ0) is 20.6. The lowest BCUT2D eigenvalue weighted by Crippen LogP contribution is -2.47. The highest BCUT2D eigenvalue weighted by atomic mass is 19.4. The smallest absolute Gasteiger partial charge is 0.416 e. The van der Waals surface area contributed by atoms with Crippen LogP contribution in [0.5, 0.6) is 0 Å². The zero-order valence-corrected chi connectivity index (χ0v) is 15.3. The molecule has 28 heavy (non-hydrogen) atoms. The van der Waals surface area contributed by atoms with Crippen LogP contribution in [0.2, 0.25) is 0 Å². The van der Waals surface area contributed by atoms with Crippen LogP contribution in [0.1, 0.15) is 36.4 Å². The maximum Gasteiger partial charge on any atom is 0.416 e. The van der Waals surface area contributed by atoms with Crippen LogP contribution in [-0.4, -0.2) is 52.8 Å². The molecule has 1 N–H and O–H groups in total. The molecule has 0 saturated carbocycles. The van der Waals surface area contributed by atoms with Crippen molar-refractivity contribution in [2.45, 2.75) is 31.5 Å². The van der Waals surface area contributed by atoms with Crippen LogP contribution < -0.4 is 0 Å². The summed E-state index contributed by atoms with van der Waals surface area (Å²) in [5, 5.41) is 9.14. The standard InChI is InChI=1S/C19H21F3N2O4/c1-23-15(25)7-6-14(17(26)24-9-8-12(10-24)18(27)28)16(23)11-2-4-13(5-3-11)19(20,21)22/h2-5,12,14,16H,6-10H2,1H3,(H,27,28)/t12-,14-,16+/m0/s1. The average Bonchev–Trinajstić information content (AvgIpc) is 3.13. The monoisotopic (exact) mass is 398 g/mol. The molecule has 0 aromatic heterocycles. The molecule has 3 atom stereocenters. The summed E-state index contributed by atoms with van der Waals surface area (Å²) < 4.78 is 38.5. The predicted molar refractivity (Wildman–Crippen MR) is 92.0 cm³/mol. The van der Waals surface area contributed by atoms with E-state index in [4.69, 9.17) is 5.11 Å². The van der Waals surface area contributed by atoms with Gasteiger partial charge in [-0.2, -0.15) is 13.2 Å². The number of piperidine rings is 1. The minimum Gasteiger partial charge on any atom is -0.481 e. The van der Waals surface area contributed by atoms with E-state index < -0.39 is 35.6 Å². The molecule has 0 aliphatic carbocycles. The van der Waals surface area contributed by atoms with Crippen LogP contribution in [0, 0.1) is 11.8 Å². The number of carbonyl (C=O) groups is 3. The molecular formula is C19H21F3N2O4. The van der Waals surface area contributed by atoms with Gasteiger partial charge in [0.05, 0.1) is 23.4 Å². The van der Waals surface area contributed by atoms with Gasteiger partial charge < -0.3 is 14.9 Å². The maximum atomic E-state index is 13.0. The Kier molecular flexibility index (Phi) is 5.36. The summed E-state index contributed by atoms with van der Waals surface area (Å²) in [4.78, 5) is 39.3. The normalized spacial score (nSPS) is 25.9. The van der Waals surface area contributed by atoms with Gasteiger partial charge in [0.25, 0.3) is 0 Å². The minimum absolute atomic E-state index is 0.113. The van der Waals surface area contributed by atoms with Crippen molar-refractivity contribution in [3.05, 3.63) is 35.4 Å². The van der Waals surface area contributed by atoms with Gasteiger partial charge in [-0.1, -0.05) is 12.1 Å². The van der Waals surface area contributed by atoms with Crippen molar-refractivity contribution >= 4 is 17.8 Å². The Hall–Kier alpha value is -2.58. The molecule has 1 aromatic rings. The quantitative estimate of drug-likeness (QED) is 0.849. The summed E-state index contributed by atoms with van der Waals surface area (Å²) in [6.45, 7) is 0.436. The summed E-state index contributed by atoms with van der Waals surface area (Å²) in [5.41, 5.74) is -0.344. The molecule has 2 amide bonds. The Morgan fingerprint density at radius 1 is 1.14 bits per heavy atom. The number of carbonyl (C=O) groups excluding carboxylic acids is 2. The van der Waals surface area contributed by atoms with Crippen molar-refractivity contribution in [2.24, 2.45) is 11.8 Å². The number of aliphatic carboxylic acids is 1. The van der Waals surface area contributed by atoms with Crippen LogP contribution in [0.3, 0.4) is 0 Å². The predicted octanol–water partition coefficient (Wildman–Crippen LogP) is 2.55. The lowest BCUT2D eigenvalue weighted by molar-refractivity contribution is -0.146. The van der Waals surface area contributed by atoms with Crippen molar-refractivity contribution in [3.8, 4) is 0 Å². The largest absolute Gasteiger partial charge is 0.481 e. The molecule has 2 aliphatic heterocycles. The number of rotatable bonds is 3. The third-order valence-corrected chi connectivity index (χ3v) is 5.61. The van der Waals surface area contributed by atoms with E-state index >= 15 is 0 Å². The fourth-order valence-corrected chi connectivity index (χ4v) is 4.02. The number of nitrogens with zero attached hydrogens (tertiary/aromatic N) is 2. The summed E-state index contributed by atoms with van der Waals surface area (Å²) in [6.07, 6.45) is -3.65. The lowest BCUT2D eigenvalue weighted by Gasteiger charge is -2.40. The number of halogens is 3. The molecule has 152 valence electrons. The van der Waals surface area contributed by atoms with E-state index in [1.165, 1.54) is 29.0 Å². The molecule has 9 heteroatoms. The third-order valence-electron chi connectivity index (χ3n) is 5.61. The molecule has 2 heterocycles. The van der Waals surface area contributed by atoms with Gasteiger partial charge in [0.15, 0.2) is 0 Å². The van der Waals surface area contributed by atoms with E-state index in [2.05, 4.69) is 0 Å². The van der Waals surface area contributed by atoms with E-state index in [0.29, 0.717) is 18.5 Å². The Morgan fingerprint density at radius 2 is 1.79 bits per heavy atom. The van der Waals surface area contributed by atoms with Crippen LogP contribution >= 0.6 is 0 Å². The number of hydrogen-bond acceptors (Lipinski definition) is 3. The molecule has 0 radical (unpaired) electrons. The number of carboxylic acids is 1. The Labute approximate surface area is 159 Å². The molecule has 0 bridgehead atoms. The Morgan fingerprint density at radius 3 is 2.32 bits per heavy atom. The van der Waals surface area contributed by atoms with Crippen molar-refractivity contribution in [3.63, 3.8) is 0 Å². The summed E-state index contributed by atoms with van der Waals surface area (Å²) in [6, 6.07) is 3.81. The van der Waals surface area contributed by atoms with Crippen molar-refractivity contribution in [1.29, 1.82) is 0 Å². The number of carboxylic acid groups (broad SMARTS) is 1. The first-order valence-corrected chi connectivity index (χ1v) is 9.04. The molecule has 2 fully saturated rings. The minimum atomic E-state index is -4.47. The topological polar surface area (TPSA) is 77.9 Å². The van der Waals surface area contributed by atoms with Crippen LogP contribution in [0.15, 0.2) is 24.3 Å². The fraction of sp³-hybridized carbons (Fsp3) is 0.526. The molecular weight excluding hydrogens is 377 g/mol.